The molecule has 1 aromatic heterocycles. The summed E-state index contributed by atoms with van der Waals surface area (Å²) in [7, 11) is 0. The lowest BCUT2D eigenvalue weighted by molar-refractivity contribution is 0.0814. The second-order valence-electron chi connectivity index (χ2n) is 3.97. The fourth-order valence-corrected chi connectivity index (χ4v) is 2.23. The third-order valence-electron chi connectivity index (χ3n) is 2.88. The maximum Gasteiger partial charge on any atom is 0.237 e. The monoisotopic (exact) mass is 246 g/mol. The van der Waals surface area contributed by atoms with E-state index >= 15 is 0 Å². The van der Waals surface area contributed by atoms with Crippen molar-refractivity contribution in [2.24, 2.45) is 0 Å². The normalized spacial score (nSPS) is 13.5. The lowest BCUT2D eigenvalue weighted by Gasteiger charge is -2.13. The fourth-order valence-electron chi connectivity index (χ4n) is 2.06. The van der Waals surface area contributed by atoms with Crippen molar-refractivity contribution in [3.63, 3.8) is 0 Å². The second-order valence-corrected chi connectivity index (χ2v) is 4.41. The van der Waals surface area contributed by atoms with Gasteiger partial charge >= 0.3 is 0 Å². The average molecular weight is 247 g/mol. The lowest BCUT2D eigenvalue weighted by atomic mass is 9.87. The molecule has 1 heterocycles. The van der Waals surface area contributed by atoms with Crippen molar-refractivity contribution in [2.45, 2.75) is 6.92 Å². The minimum Gasteiger partial charge on any atom is -0.463 e. The number of halogens is 1. The Labute approximate surface area is 102 Å². The minimum absolute atomic E-state index is 0.310. The van der Waals surface area contributed by atoms with Crippen LogP contribution in [0.2, 0.25) is 5.02 Å². The summed E-state index contributed by atoms with van der Waals surface area (Å²) in [6.45, 7) is 1.74. The lowest BCUT2D eigenvalue weighted by Crippen LogP contribution is -2.20. The SMILES string of the molecule is Cc1coc2c1C(=O)C(=O)c1cc(Cl)ccc1-2. The van der Waals surface area contributed by atoms with Crippen LogP contribution in [-0.2, 0) is 0 Å². The molecule has 1 aromatic carbocycles. The van der Waals surface area contributed by atoms with E-state index in [4.69, 9.17) is 16.0 Å². The van der Waals surface area contributed by atoms with Crippen LogP contribution in [-0.4, -0.2) is 11.6 Å². The highest BCUT2D eigenvalue weighted by Crippen LogP contribution is 2.37. The van der Waals surface area contributed by atoms with Crippen LogP contribution < -0.4 is 0 Å². The van der Waals surface area contributed by atoms with E-state index in [-0.39, 0.29) is 0 Å². The van der Waals surface area contributed by atoms with E-state index in [0.29, 0.717) is 33.0 Å². The molecule has 0 bridgehead atoms. The van der Waals surface area contributed by atoms with Crippen LogP contribution in [0.25, 0.3) is 11.3 Å². The van der Waals surface area contributed by atoms with Crippen molar-refractivity contribution in [3.8, 4) is 11.3 Å². The topological polar surface area (TPSA) is 47.3 Å². The fraction of sp³-hybridized carbons (Fsp3) is 0.0769. The molecule has 3 rings (SSSR count). The number of rotatable bonds is 0. The molecule has 17 heavy (non-hydrogen) atoms. The van der Waals surface area contributed by atoms with Gasteiger partial charge in [0.1, 0.15) is 5.76 Å². The number of Topliss-reactive ketones (excluding diaryl/α,β-unsaturated/α-hetero) is 2. The molecule has 3 nitrogen and oxygen atoms in total. The molecule has 0 saturated carbocycles. The highest BCUT2D eigenvalue weighted by atomic mass is 35.5. The summed E-state index contributed by atoms with van der Waals surface area (Å²) in [6.07, 6.45) is 1.49. The standard InChI is InChI=1S/C13H7ClO3/c1-6-5-17-13-8-3-2-7(14)4-9(8)11(15)12(16)10(6)13/h2-5H,1H3. The maximum absolute atomic E-state index is 11.9. The van der Waals surface area contributed by atoms with Gasteiger partial charge in [0, 0.05) is 16.1 Å². The van der Waals surface area contributed by atoms with E-state index in [1.165, 1.54) is 12.3 Å². The molecule has 0 aliphatic heterocycles. The van der Waals surface area contributed by atoms with Crippen molar-refractivity contribution < 1.29 is 14.0 Å². The van der Waals surface area contributed by atoms with Crippen molar-refractivity contribution in [1.82, 2.24) is 0 Å². The van der Waals surface area contributed by atoms with Gasteiger partial charge in [0.25, 0.3) is 0 Å². The highest BCUT2D eigenvalue weighted by Gasteiger charge is 2.34. The van der Waals surface area contributed by atoms with Crippen LogP contribution >= 0.6 is 11.6 Å². The zero-order valence-electron chi connectivity index (χ0n) is 8.91. The van der Waals surface area contributed by atoms with Gasteiger partial charge in [-0.2, -0.15) is 0 Å². The Morgan fingerprint density at radius 3 is 2.65 bits per heavy atom. The Bertz CT molecular complexity index is 667. The summed E-state index contributed by atoms with van der Waals surface area (Å²) in [4.78, 5) is 23.9. The Balaban J connectivity index is 2.40. The summed E-state index contributed by atoms with van der Waals surface area (Å²) in [5.41, 5.74) is 1.98. The first-order chi connectivity index (χ1) is 8.09. The number of hydrogen-bond donors (Lipinski definition) is 0. The molecule has 0 saturated heterocycles. The van der Waals surface area contributed by atoms with Crippen molar-refractivity contribution in [1.29, 1.82) is 0 Å². The molecular formula is C13H7ClO3. The minimum atomic E-state index is -0.528. The van der Waals surface area contributed by atoms with E-state index in [0.717, 1.165) is 0 Å². The van der Waals surface area contributed by atoms with Crippen molar-refractivity contribution in [2.75, 3.05) is 0 Å². The molecule has 0 unspecified atom stereocenters. The summed E-state index contributed by atoms with van der Waals surface area (Å²) in [5, 5.41) is 0.427. The van der Waals surface area contributed by atoms with Crippen LogP contribution in [0, 0.1) is 6.92 Å². The molecule has 4 heteroatoms. The number of ketones is 2. The van der Waals surface area contributed by atoms with Gasteiger partial charge in [-0.15, -0.1) is 0 Å². The van der Waals surface area contributed by atoms with E-state index in [2.05, 4.69) is 0 Å². The predicted molar refractivity (Wildman–Crippen MR) is 62.6 cm³/mol. The predicted octanol–water partition coefficient (Wildman–Crippen LogP) is 3.29. The Morgan fingerprint density at radius 1 is 1.12 bits per heavy atom. The highest BCUT2D eigenvalue weighted by molar-refractivity contribution is 6.53. The molecule has 0 spiro atoms. The number of furan rings is 1. The van der Waals surface area contributed by atoms with Gasteiger partial charge in [-0.1, -0.05) is 11.6 Å². The Morgan fingerprint density at radius 2 is 1.88 bits per heavy atom. The molecule has 0 fully saturated rings. The van der Waals surface area contributed by atoms with Crippen LogP contribution in [0.15, 0.2) is 28.9 Å². The van der Waals surface area contributed by atoms with E-state index in [9.17, 15) is 9.59 Å². The van der Waals surface area contributed by atoms with Crippen LogP contribution in [0.4, 0.5) is 0 Å². The zero-order chi connectivity index (χ0) is 12.2. The van der Waals surface area contributed by atoms with Crippen LogP contribution in [0.1, 0.15) is 26.3 Å². The van der Waals surface area contributed by atoms with Crippen LogP contribution in [0.5, 0.6) is 0 Å². The van der Waals surface area contributed by atoms with Gasteiger partial charge in [-0.25, -0.2) is 0 Å². The Hall–Kier alpha value is -1.87. The van der Waals surface area contributed by atoms with Crippen LogP contribution in [0.3, 0.4) is 0 Å². The van der Waals surface area contributed by atoms with Gasteiger partial charge < -0.3 is 4.42 Å². The quantitative estimate of drug-likeness (QED) is 0.670. The zero-order valence-corrected chi connectivity index (χ0v) is 9.67. The van der Waals surface area contributed by atoms with Crippen molar-refractivity contribution >= 4 is 23.2 Å². The maximum atomic E-state index is 11.9. The van der Waals surface area contributed by atoms with Gasteiger partial charge in [0.15, 0.2) is 0 Å². The first-order valence-corrected chi connectivity index (χ1v) is 5.44. The molecule has 0 radical (unpaired) electrons. The summed E-state index contributed by atoms with van der Waals surface area (Å²) in [6, 6.07) is 4.87. The number of carbonyl (C=O) groups excluding carboxylic acids is 2. The molecule has 84 valence electrons. The molecule has 2 aromatic rings. The second kappa shape index (κ2) is 3.31. The van der Waals surface area contributed by atoms with Gasteiger partial charge in [-0.3, -0.25) is 9.59 Å². The third kappa shape index (κ3) is 1.29. The summed E-state index contributed by atoms with van der Waals surface area (Å²) < 4.78 is 5.36. The number of hydrogen-bond acceptors (Lipinski definition) is 3. The molecule has 1 aliphatic carbocycles. The van der Waals surface area contributed by atoms with Gasteiger partial charge in [0.2, 0.25) is 11.6 Å². The smallest absolute Gasteiger partial charge is 0.237 e. The number of carbonyl (C=O) groups is 2. The Kier molecular flexibility index (Phi) is 2.00. The molecule has 0 N–H and O–H groups in total. The molecule has 0 amide bonds. The number of aryl methyl sites for hydroxylation is 1. The van der Waals surface area contributed by atoms with E-state index in [1.807, 2.05) is 0 Å². The van der Waals surface area contributed by atoms with Gasteiger partial charge in [0.05, 0.1) is 11.8 Å². The molecular weight excluding hydrogens is 240 g/mol. The number of benzene rings is 1. The summed E-state index contributed by atoms with van der Waals surface area (Å²) in [5.74, 6) is -0.598. The van der Waals surface area contributed by atoms with E-state index in [1.54, 1.807) is 19.1 Å². The summed E-state index contributed by atoms with van der Waals surface area (Å²) >= 11 is 5.83. The first kappa shape index (κ1) is 10.3. The average Bonchev–Trinajstić information content (AvgIpc) is 2.68. The van der Waals surface area contributed by atoms with Gasteiger partial charge in [-0.05, 0) is 30.7 Å². The number of fused-ring (bicyclic) bond motifs is 3. The first-order valence-electron chi connectivity index (χ1n) is 5.06. The molecule has 0 atom stereocenters. The largest absolute Gasteiger partial charge is 0.463 e. The third-order valence-corrected chi connectivity index (χ3v) is 3.11. The van der Waals surface area contributed by atoms with Crippen molar-refractivity contribution in [3.05, 3.63) is 46.2 Å². The van der Waals surface area contributed by atoms with E-state index < -0.39 is 11.6 Å². The molecule has 1 aliphatic rings.